The quantitative estimate of drug-likeness (QED) is 0.170. The molecule has 1 aliphatic rings. The normalized spacial score (nSPS) is 12.7. The number of phenolic OH excluding ortho intramolecular Hbond substituents is 1. The van der Waals surface area contributed by atoms with E-state index < -0.39 is 0 Å². The van der Waals surface area contributed by atoms with Crippen molar-refractivity contribution in [3.63, 3.8) is 0 Å². The molecule has 0 spiro atoms. The van der Waals surface area contributed by atoms with Gasteiger partial charge in [0.15, 0.2) is 0 Å². The molecule has 0 atom stereocenters. The van der Waals surface area contributed by atoms with Crippen LogP contribution in [0.5, 0.6) is 5.75 Å². The van der Waals surface area contributed by atoms with E-state index in [0.29, 0.717) is 5.92 Å². The standard InChI is InChI=1S/C55H52BN3OSe/c1-30(2)21-36-15-16-41-42-19-20-57-49(53(42)61-47(41)26-36)38-27-37(28-39(29-38)55(8,9)10)40-17-18-45-51-50(40)58-54(43-25-32(4)24-35(7)52(43)60)59(51)46-14-12-11-13-44(46)56(45)48-33(5)22-31(3)23-34(48)6/h11-20,22-30,60H,21H2,1-10H3. The number of imidazole rings is 1. The molecule has 0 radical (unpaired) electrons. The van der Waals surface area contributed by atoms with Crippen molar-refractivity contribution in [2.75, 3.05) is 0 Å². The molecule has 9 aromatic rings. The number of hydrogen-bond donors (Lipinski definition) is 1. The number of benzene rings is 6. The van der Waals surface area contributed by atoms with Crippen LogP contribution >= 0.6 is 0 Å². The summed E-state index contributed by atoms with van der Waals surface area (Å²) in [6.45, 7) is 22.3. The summed E-state index contributed by atoms with van der Waals surface area (Å²) >= 11 is 0.140. The summed E-state index contributed by atoms with van der Waals surface area (Å²) in [5, 5.41) is 14.5. The third kappa shape index (κ3) is 6.50. The number of fused-ring (bicyclic) bond motifs is 5. The SMILES string of the molecule is Cc1cc(C)c(B2c3ccccc3-n3c(-c4cc(C)cc(C)c4O)nc4c(-c5cc(-c6nccc7c6[se]c6cc(CC(C)C)ccc67)cc(C(C)(C)C)c5)ccc2c43)c(C)c1. The molecule has 4 heterocycles. The van der Waals surface area contributed by atoms with Crippen LogP contribution in [0.2, 0.25) is 0 Å². The molecule has 6 heteroatoms. The Morgan fingerprint density at radius 3 is 2.20 bits per heavy atom. The molecule has 0 saturated carbocycles. The fraction of sp³-hybridized carbons (Fsp3) is 0.236. The van der Waals surface area contributed by atoms with Crippen LogP contribution in [0.3, 0.4) is 0 Å². The predicted molar refractivity (Wildman–Crippen MR) is 261 cm³/mol. The van der Waals surface area contributed by atoms with Crippen molar-refractivity contribution < 1.29 is 5.11 Å². The Balaban J connectivity index is 1.27. The first-order chi connectivity index (χ1) is 29.2. The monoisotopic (exact) mass is 861 g/mol. The van der Waals surface area contributed by atoms with Crippen LogP contribution in [-0.4, -0.2) is 40.9 Å². The van der Waals surface area contributed by atoms with Gasteiger partial charge in [-0.3, -0.25) is 0 Å². The van der Waals surface area contributed by atoms with Gasteiger partial charge in [-0.05, 0) is 34.6 Å². The van der Waals surface area contributed by atoms with Crippen LogP contribution < -0.4 is 16.4 Å². The van der Waals surface area contributed by atoms with E-state index in [-0.39, 0.29) is 32.4 Å². The van der Waals surface area contributed by atoms with E-state index in [2.05, 4.69) is 164 Å². The van der Waals surface area contributed by atoms with E-state index in [4.69, 9.17) is 9.97 Å². The molecular formula is C55H52BN3OSe. The number of para-hydroxylation sites is 1. The Morgan fingerprint density at radius 2 is 1.44 bits per heavy atom. The van der Waals surface area contributed by atoms with E-state index in [1.165, 1.54) is 63.5 Å². The number of nitrogens with zero attached hydrogens (tertiary/aromatic N) is 3. The van der Waals surface area contributed by atoms with Gasteiger partial charge in [0, 0.05) is 0 Å². The molecule has 302 valence electrons. The smallest absolute Gasteiger partial charge is 0.0569 e. The van der Waals surface area contributed by atoms with Crippen LogP contribution in [-0.2, 0) is 11.8 Å². The van der Waals surface area contributed by atoms with Gasteiger partial charge >= 0.3 is 304 Å². The van der Waals surface area contributed by atoms with Crippen molar-refractivity contribution in [1.82, 2.24) is 14.5 Å². The number of rotatable bonds is 6. The number of aromatic nitrogens is 3. The maximum atomic E-state index is 11.8. The Kier molecular flexibility index (Phi) is 9.36. The van der Waals surface area contributed by atoms with Gasteiger partial charge in [0.05, 0.1) is 0 Å². The summed E-state index contributed by atoms with van der Waals surface area (Å²) in [7, 11) is 0. The number of pyridine rings is 1. The zero-order valence-corrected chi connectivity index (χ0v) is 38.7. The number of phenols is 1. The van der Waals surface area contributed by atoms with Crippen LogP contribution in [0, 0.1) is 40.5 Å². The second-order valence-corrected chi connectivity index (χ2v) is 21.3. The summed E-state index contributed by atoms with van der Waals surface area (Å²) in [6.07, 6.45) is 3.09. The van der Waals surface area contributed by atoms with Gasteiger partial charge in [0.25, 0.3) is 0 Å². The Hall–Kier alpha value is -5.68. The molecule has 61 heavy (non-hydrogen) atoms. The van der Waals surface area contributed by atoms with Gasteiger partial charge in [0.1, 0.15) is 0 Å². The van der Waals surface area contributed by atoms with Gasteiger partial charge in [0.2, 0.25) is 0 Å². The molecule has 0 amide bonds. The Morgan fingerprint density at radius 1 is 0.721 bits per heavy atom. The van der Waals surface area contributed by atoms with Crippen LogP contribution in [0.1, 0.15) is 73.6 Å². The van der Waals surface area contributed by atoms with E-state index in [9.17, 15) is 5.11 Å². The van der Waals surface area contributed by atoms with Gasteiger partial charge < -0.3 is 0 Å². The third-order valence-corrected chi connectivity index (χ3v) is 15.3. The molecule has 6 aromatic carbocycles. The first-order valence-electron chi connectivity index (χ1n) is 21.7. The minimum Gasteiger partial charge on any atom is -0.0569 e. The van der Waals surface area contributed by atoms with Crippen LogP contribution in [0.25, 0.3) is 69.8 Å². The van der Waals surface area contributed by atoms with Crippen molar-refractivity contribution in [2.24, 2.45) is 5.92 Å². The molecule has 0 aliphatic carbocycles. The minimum absolute atomic E-state index is 0.00994. The second-order valence-electron chi connectivity index (χ2n) is 19.1. The van der Waals surface area contributed by atoms with Crippen molar-refractivity contribution in [3.05, 3.63) is 148 Å². The Labute approximate surface area is 366 Å². The molecule has 0 bridgehead atoms. The summed E-state index contributed by atoms with van der Waals surface area (Å²) in [6, 6.07) is 38.7. The minimum atomic E-state index is -0.118. The van der Waals surface area contributed by atoms with Crippen molar-refractivity contribution in [3.8, 4) is 45.2 Å². The molecule has 10 rings (SSSR count). The summed E-state index contributed by atoms with van der Waals surface area (Å²) < 4.78 is 5.15. The molecule has 4 nitrogen and oxygen atoms in total. The molecule has 0 saturated heterocycles. The average Bonchev–Trinajstić information content (AvgIpc) is 3.79. The summed E-state index contributed by atoms with van der Waals surface area (Å²) in [4.78, 5) is 10.8. The summed E-state index contributed by atoms with van der Waals surface area (Å²) in [5.41, 5.74) is 20.4. The van der Waals surface area contributed by atoms with Crippen molar-refractivity contribution >= 4 is 67.9 Å². The second kappa shape index (κ2) is 14.5. The molecule has 3 aromatic heterocycles. The topological polar surface area (TPSA) is 50.9 Å². The average molecular weight is 861 g/mol. The Bertz CT molecular complexity index is 3250. The zero-order chi connectivity index (χ0) is 42.6. The molecule has 1 N–H and O–H groups in total. The van der Waals surface area contributed by atoms with Gasteiger partial charge in [-0.25, -0.2) is 0 Å². The van der Waals surface area contributed by atoms with E-state index in [1.807, 2.05) is 19.2 Å². The van der Waals surface area contributed by atoms with Crippen LogP contribution in [0.15, 0.2) is 109 Å². The predicted octanol–water partition coefficient (Wildman–Crippen LogP) is 11.4. The molecule has 1 aliphatic heterocycles. The van der Waals surface area contributed by atoms with Crippen molar-refractivity contribution in [1.29, 1.82) is 0 Å². The van der Waals surface area contributed by atoms with E-state index >= 15 is 0 Å². The van der Waals surface area contributed by atoms with Gasteiger partial charge in [-0.1, -0.05) is 29.8 Å². The number of aromatic hydroxyl groups is 1. The van der Waals surface area contributed by atoms with Gasteiger partial charge in [-0.15, -0.1) is 0 Å². The number of hydrogen-bond acceptors (Lipinski definition) is 3. The van der Waals surface area contributed by atoms with Crippen molar-refractivity contribution in [2.45, 2.75) is 81.1 Å². The molecular weight excluding hydrogens is 808 g/mol. The maximum absolute atomic E-state index is 11.8. The van der Waals surface area contributed by atoms with Gasteiger partial charge in [-0.2, -0.15) is 0 Å². The third-order valence-electron chi connectivity index (χ3n) is 12.8. The van der Waals surface area contributed by atoms with Crippen LogP contribution in [0.4, 0.5) is 0 Å². The fourth-order valence-corrected chi connectivity index (χ4v) is 12.9. The first-order valence-corrected chi connectivity index (χ1v) is 23.4. The first kappa shape index (κ1) is 39.5. The van der Waals surface area contributed by atoms with E-state index in [0.717, 1.165) is 68.0 Å². The molecule has 0 fully saturated rings. The summed E-state index contributed by atoms with van der Waals surface area (Å²) in [5.74, 6) is 1.64. The zero-order valence-electron chi connectivity index (χ0n) is 37.0. The van der Waals surface area contributed by atoms with E-state index in [1.54, 1.807) is 0 Å². The fourth-order valence-electron chi connectivity index (χ4n) is 10.2. The number of aryl methyl sites for hydroxylation is 5. The molecule has 0 unspecified atom stereocenters.